The average molecular weight is 577 g/mol. The van der Waals surface area contributed by atoms with Crippen molar-refractivity contribution in [3.63, 3.8) is 0 Å². The Morgan fingerprint density at radius 2 is 1.95 bits per heavy atom. The van der Waals surface area contributed by atoms with Crippen molar-refractivity contribution in [1.29, 1.82) is 0 Å². The zero-order valence-corrected chi connectivity index (χ0v) is 22.0. The fourth-order valence-electron chi connectivity index (χ4n) is 5.22. The minimum atomic E-state index is -0.272. The molecule has 0 radical (unpaired) electrons. The molecule has 1 aliphatic rings. The van der Waals surface area contributed by atoms with Crippen LogP contribution in [0.4, 0.5) is 0 Å². The summed E-state index contributed by atoms with van der Waals surface area (Å²) in [6.45, 7) is 0.988. The lowest BCUT2D eigenvalue weighted by Gasteiger charge is -2.39. The molecule has 0 aliphatic carbocycles. The molecule has 0 unspecified atom stereocenters. The van der Waals surface area contributed by atoms with E-state index in [1.165, 1.54) is 0 Å². The van der Waals surface area contributed by atoms with Gasteiger partial charge in [-0.3, -0.25) is 9.59 Å². The highest BCUT2D eigenvalue weighted by molar-refractivity contribution is 9.10. The van der Waals surface area contributed by atoms with Crippen molar-refractivity contribution in [2.75, 3.05) is 13.1 Å². The van der Waals surface area contributed by atoms with Crippen molar-refractivity contribution in [2.24, 2.45) is 0 Å². The van der Waals surface area contributed by atoms with Crippen LogP contribution in [0.5, 0.6) is 0 Å². The molecular formula is C28H23BrClN5O2. The second kappa shape index (κ2) is 9.68. The number of hydrogen-bond donors (Lipinski definition) is 2. The first-order valence-corrected chi connectivity index (χ1v) is 13.2. The van der Waals surface area contributed by atoms with Crippen LogP contribution >= 0.6 is 27.5 Å². The number of pyridine rings is 1. The van der Waals surface area contributed by atoms with E-state index in [2.05, 4.69) is 43.3 Å². The van der Waals surface area contributed by atoms with Gasteiger partial charge < -0.3 is 19.6 Å². The minimum absolute atomic E-state index is 0.0703. The first kappa shape index (κ1) is 23.8. The molecule has 2 aromatic carbocycles. The van der Waals surface area contributed by atoms with Crippen LogP contribution < -0.4 is 5.32 Å². The fraction of sp³-hybridized carbons (Fsp3) is 0.179. The minimum Gasteiger partial charge on any atom is -0.349 e. The van der Waals surface area contributed by atoms with E-state index in [9.17, 15) is 9.59 Å². The number of aromatic amines is 1. The summed E-state index contributed by atoms with van der Waals surface area (Å²) in [7, 11) is 0. The largest absolute Gasteiger partial charge is 0.349 e. The Kier molecular flexibility index (Phi) is 6.22. The van der Waals surface area contributed by atoms with Gasteiger partial charge in [0.2, 0.25) is 0 Å². The molecule has 1 aliphatic heterocycles. The van der Waals surface area contributed by atoms with E-state index in [4.69, 9.17) is 11.6 Å². The summed E-state index contributed by atoms with van der Waals surface area (Å²) >= 11 is 9.83. The van der Waals surface area contributed by atoms with Crippen molar-refractivity contribution >= 4 is 55.8 Å². The highest BCUT2D eigenvalue weighted by Gasteiger charge is 2.34. The predicted molar refractivity (Wildman–Crippen MR) is 147 cm³/mol. The quantitative estimate of drug-likeness (QED) is 0.290. The molecule has 3 aromatic heterocycles. The van der Waals surface area contributed by atoms with Crippen LogP contribution in [-0.2, 0) is 0 Å². The number of halogens is 2. The van der Waals surface area contributed by atoms with Gasteiger partial charge in [0.15, 0.2) is 0 Å². The molecule has 7 nitrogen and oxygen atoms in total. The molecule has 0 saturated carbocycles. The van der Waals surface area contributed by atoms with Crippen LogP contribution in [0.1, 0.15) is 38.7 Å². The van der Waals surface area contributed by atoms with E-state index in [0.29, 0.717) is 34.9 Å². The first-order valence-electron chi connectivity index (χ1n) is 12.0. The third-order valence-corrected chi connectivity index (χ3v) is 7.77. The maximum absolute atomic E-state index is 13.6. The third-order valence-electron chi connectivity index (χ3n) is 7.02. The summed E-state index contributed by atoms with van der Waals surface area (Å²) in [4.78, 5) is 36.2. The van der Waals surface area contributed by atoms with Gasteiger partial charge in [0, 0.05) is 35.1 Å². The fourth-order valence-corrected chi connectivity index (χ4v) is 6.10. The Hall–Kier alpha value is -3.62. The van der Waals surface area contributed by atoms with Gasteiger partial charge in [-0.25, -0.2) is 4.98 Å². The van der Waals surface area contributed by atoms with Gasteiger partial charge in [-0.2, -0.15) is 0 Å². The van der Waals surface area contributed by atoms with Gasteiger partial charge in [0.1, 0.15) is 5.69 Å². The van der Waals surface area contributed by atoms with Crippen molar-refractivity contribution in [3.05, 3.63) is 106 Å². The average Bonchev–Trinajstić information content (AvgIpc) is 3.56. The van der Waals surface area contributed by atoms with E-state index in [1.807, 2.05) is 51.9 Å². The molecule has 9 heteroatoms. The number of aromatic nitrogens is 3. The Labute approximate surface area is 226 Å². The molecule has 4 heterocycles. The molecular weight excluding hydrogens is 554 g/mol. The zero-order chi connectivity index (χ0) is 25.5. The summed E-state index contributed by atoms with van der Waals surface area (Å²) in [6.07, 6.45) is 5.98. The molecule has 5 aromatic rings. The van der Waals surface area contributed by atoms with Crippen LogP contribution in [0.15, 0.2) is 83.9 Å². The molecule has 1 fully saturated rings. The van der Waals surface area contributed by atoms with E-state index < -0.39 is 0 Å². The number of nitrogens with one attached hydrogen (secondary N) is 2. The number of carbonyl (C=O) groups is 2. The molecule has 6 rings (SSSR count). The van der Waals surface area contributed by atoms with Crippen molar-refractivity contribution in [1.82, 2.24) is 24.6 Å². The lowest BCUT2D eigenvalue weighted by molar-refractivity contribution is 0.0656. The highest BCUT2D eigenvalue weighted by atomic mass is 79.9. The lowest BCUT2D eigenvalue weighted by Crippen LogP contribution is -2.53. The number of benzene rings is 2. The molecule has 2 atom stereocenters. The number of carbonyl (C=O) groups excluding carboxylic acids is 2. The van der Waals surface area contributed by atoms with Gasteiger partial charge in [-0.05, 0) is 42.3 Å². The van der Waals surface area contributed by atoms with Gasteiger partial charge in [0.05, 0.1) is 40.2 Å². The number of piperidine rings is 1. The molecule has 1 saturated heterocycles. The number of imidazole rings is 1. The second-order valence-electron chi connectivity index (χ2n) is 9.28. The molecule has 186 valence electrons. The van der Waals surface area contributed by atoms with Crippen LogP contribution in [0.3, 0.4) is 0 Å². The molecule has 37 heavy (non-hydrogen) atoms. The highest BCUT2D eigenvalue weighted by Crippen LogP contribution is 2.31. The second-order valence-corrected chi connectivity index (χ2v) is 10.6. The Bertz CT molecular complexity index is 1630. The van der Waals surface area contributed by atoms with E-state index in [0.717, 1.165) is 27.4 Å². The summed E-state index contributed by atoms with van der Waals surface area (Å²) < 4.78 is 2.68. The zero-order valence-electron chi connectivity index (χ0n) is 19.7. The molecule has 0 bridgehead atoms. The number of rotatable bonds is 4. The van der Waals surface area contributed by atoms with Gasteiger partial charge >= 0.3 is 0 Å². The summed E-state index contributed by atoms with van der Waals surface area (Å²) in [5, 5.41) is 4.59. The smallest absolute Gasteiger partial charge is 0.268 e. The monoisotopic (exact) mass is 575 g/mol. The normalized spacial score (nSPS) is 17.8. The number of H-pyrrole nitrogens is 1. The van der Waals surface area contributed by atoms with Crippen molar-refractivity contribution < 1.29 is 9.59 Å². The van der Waals surface area contributed by atoms with Crippen LogP contribution in [0.25, 0.3) is 16.4 Å². The summed E-state index contributed by atoms with van der Waals surface area (Å²) in [5.74, 6) is -0.234. The summed E-state index contributed by atoms with van der Waals surface area (Å²) in [5.41, 5.74) is 3.64. The molecule has 0 spiro atoms. The standard InChI is InChI=1S/C28H23BrClN5O2/c29-19-11-18-12-23(32-26(18)22(30)13-19)27(36)33-24-15-34(10-8-20(24)17-5-2-1-3-6-17)28(37)21-7-4-9-35-16-31-14-25(21)35/h1-7,9,11-14,16,20,24,32H,8,10,15H2,(H,33,36)/t20-,24+/m0/s1. The SMILES string of the molecule is O=C(N[C@@H]1CN(C(=O)c2cccn3cncc23)CC[C@H]1c1ccccc1)c1cc2cc(Br)cc(Cl)c2[nH]1. The van der Waals surface area contributed by atoms with Gasteiger partial charge in [-0.1, -0.05) is 57.9 Å². The van der Waals surface area contributed by atoms with E-state index in [1.54, 1.807) is 24.7 Å². The maximum Gasteiger partial charge on any atom is 0.268 e. The Balaban J connectivity index is 1.29. The van der Waals surface area contributed by atoms with Crippen molar-refractivity contribution in [2.45, 2.75) is 18.4 Å². The van der Waals surface area contributed by atoms with E-state index >= 15 is 0 Å². The number of hydrogen-bond acceptors (Lipinski definition) is 3. The van der Waals surface area contributed by atoms with Crippen molar-refractivity contribution in [3.8, 4) is 0 Å². The first-order chi connectivity index (χ1) is 18.0. The van der Waals surface area contributed by atoms with Gasteiger partial charge in [-0.15, -0.1) is 0 Å². The number of likely N-dealkylation sites (tertiary alicyclic amines) is 1. The van der Waals surface area contributed by atoms with Crippen LogP contribution in [0.2, 0.25) is 5.02 Å². The summed E-state index contributed by atoms with van der Waals surface area (Å²) in [6, 6.07) is 19.0. The Morgan fingerprint density at radius 1 is 1.11 bits per heavy atom. The maximum atomic E-state index is 13.6. The number of fused-ring (bicyclic) bond motifs is 2. The van der Waals surface area contributed by atoms with Crippen LogP contribution in [-0.4, -0.2) is 50.2 Å². The molecule has 2 N–H and O–H groups in total. The molecule has 2 amide bonds. The number of amides is 2. The van der Waals surface area contributed by atoms with E-state index in [-0.39, 0.29) is 23.8 Å². The Morgan fingerprint density at radius 3 is 2.78 bits per heavy atom. The lowest BCUT2D eigenvalue weighted by atomic mass is 9.85. The topological polar surface area (TPSA) is 82.5 Å². The predicted octanol–water partition coefficient (Wildman–Crippen LogP) is 5.66. The van der Waals surface area contributed by atoms with Crippen LogP contribution in [0, 0.1) is 0 Å². The third kappa shape index (κ3) is 4.51. The van der Waals surface area contributed by atoms with Gasteiger partial charge in [0.25, 0.3) is 11.8 Å². The number of nitrogens with zero attached hydrogens (tertiary/aromatic N) is 3.